The van der Waals surface area contributed by atoms with Gasteiger partial charge < -0.3 is 14.4 Å². The van der Waals surface area contributed by atoms with Gasteiger partial charge in [-0.1, -0.05) is 28.1 Å². The minimum atomic E-state index is -0.564. The molecule has 1 aromatic carbocycles. The summed E-state index contributed by atoms with van der Waals surface area (Å²) in [6.07, 6.45) is -0.399. The van der Waals surface area contributed by atoms with Gasteiger partial charge in [-0.2, -0.15) is 0 Å². The molecule has 0 aromatic heterocycles. The van der Waals surface area contributed by atoms with Crippen molar-refractivity contribution in [2.75, 3.05) is 20.2 Å². The van der Waals surface area contributed by atoms with Crippen LogP contribution in [0.25, 0.3) is 0 Å². The van der Waals surface area contributed by atoms with Gasteiger partial charge in [0, 0.05) is 23.5 Å². The number of methoxy groups -OCH3 is 1. The summed E-state index contributed by atoms with van der Waals surface area (Å²) in [5.74, 6) is -0.796. The van der Waals surface area contributed by atoms with E-state index >= 15 is 0 Å². The predicted octanol–water partition coefficient (Wildman–Crippen LogP) is 3.57. The van der Waals surface area contributed by atoms with Gasteiger partial charge in [0.15, 0.2) is 0 Å². The molecule has 0 unspecified atom stereocenters. The molecule has 2 rings (SSSR count). The van der Waals surface area contributed by atoms with Crippen molar-refractivity contribution in [1.82, 2.24) is 4.90 Å². The van der Waals surface area contributed by atoms with Crippen molar-refractivity contribution in [3.63, 3.8) is 0 Å². The third kappa shape index (κ3) is 4.47. The first-order valence-electron chi connectivity index (χ1n) is 7.52. The van der Waals surface area contributed by atoms with Crippen LogP contribution in [0.3, 0.4) is 0 Å². The Balaban J connectivity index is 2.23. The second kappa shape index (κ2) is 6.91. The van der Waals surface area contributed by atoms with Gasteiger partial charge in [0.1, 0.15) is 5.60 Å². The molecule has 1 fully saturated rings. The number of ether oxygens (including phenoxy) is 2. The van der Waals surface area contributed by atoms with Crippen molar-refractivity contribution in [2.24, 2.45) is 5.92 Å². The Morgan fingerprint density at radius 1 is 1.26 bits per heavy atom. The molecular weight excluding hydrogens is 362 g/mol. The van der Waals surface area contributed by atoms with Crippen LogP contribution in [0, 0.1) is 5.92 Å². The molecule has 1 aliphatic heterocycles. The molecule has 1 amide bonds. The average Bonchev–Trinajstić information content (AvgIpc) is 2.90. The second-order valence-electron chi connectivity index (χ2n) is 6.68. The number of nitrogens with zero attached hydrogens (tertiary/aromatic N) is 1. The lowest BCUT2D eigenvalue weighted by Crippen LogP contribution is -2.36. The Hall–Kier alpha value is -1.56. The highest BCUT2D eigenvalue weighted by molar-refractivity contribution is 9.10. The molecule has 0 bridgehead atoms. The Bertz CT molecular complexity index is 597. The van der Waals surface area contributed by atoms with Crippen LogP contribution in [0.15, 0.2) is 28.7 Å². The largest absolute Gasteiger partial charge is 0.469 e. The minimum absolute atomic E-state index is 0.104. The molecule has 1 aliphatic rings. The first kappa shape index (κ1) is 17.8. The van der Waals surface area contributed by atoms with Crippen molar-refractivity contribution in [3.8, 4) is 0 Å². The molecular formula is C17H22BrNO4. The molecule has 0 aliphatic carbocycles. The first-order chi connectivity index (χ1) is 10.7. The lowest BCUT2D eigenvalue weighted by molar-refractivity contribution is -0.145. The molecule has 0 spiro atoms. The molecule has 2 atom stereocenters. The van der Waals surface area contributed by atoms with E-state index in [0.717, 1.165) is 10.0 Å². The quantitative estimate of drug-likeness (QED) is 0.732. The standard InChI is InChI=1S/C17H22BrNO4/c1-17(2,3)23-16(21)19-9-13(14(10-19)15(20)22-4)11-6-5-7-12(18)8-11/h5-8,13-14H,9-10H2,1-4H3/t13-,14+/m0/s1. The fourth-order valence-corrected chi connectivity index (χ4v) is 3.16. The van der Waals surface area contributed by atoms with Gasteiger partial charge in [-0.25, -0.2) is 4.79 Å². The molecule has 1 aromatic rings. The fourth-order valence-electron chi connectivity index (χ4n) is 2.74. The number of halogens is 1. The summed E-state index contributed by atoms with van der Waals surface area (Å²) in [4.78, 5) is 26.0. The minimum Gasteiger partial charge on any atom is -0.469 e. The molecule has 0 N–H and O–H groups in total. The van der Waals surface area contributed by atoms with E-state index in [9.17, 15) is 9.59 Å². The number of benzene rings is 1. The summed E-state index contributed by atoms with van der Waals surface area (Å²) in [6, 6.07) is 7.78. The maximum absolute atomic E-state index is 12.3. The summed E-state index contributed by atoms with van der Waals surface area (Å²) < 4.78 is 11.3. The number of carbonyl (C=O) groups is 2. The third-order valence-electron chi connectivity index (χ3n) is 3.75. The first-order valence-corrected chi connectivity index (χ1v) is 8.32. The number of amides is 1. The highest BCUT2D eigenvalue weighted by Crippen LogP contribution is 2.35. The second-order valence-corrected chi connectivity index (χ2v) is 7.59. The van der Waals surface area contributed by atoms with Gasteiger partial charge >= 0.3 is 12.1 Å². The van der Waals surface area contributed by atoms with Gasteiger partial charge in [0.25, 0.3) is 0 Å². The Kier molecular flexibility index (Phi) is 5.34. The third-order valence-corrected chi connectivity index (χ3v) is 4.25. The van der Waals surface area contributed by atoms with E-state index in [1.807, 2.05) is 45.0 Å². The molecule has 5 nitrogen and oxygen atoms in total. The SMILES string of the molecule is COC(=O)[C@@H]1CN(C(=O)OC(C)(C)C)C[C@H]1c1cccc(Br)c1. The zero-order valence-corrected chi connectivity index (χ0v) is 15.4. The fraction of sp³-hybridized carbons (Fsp3) is 0.529. The smallest absolute Gasteiger partial charge is 0.410 e. The molecule has 126 valence electrons. The van der Waals surface area contributed by atoms with Crippen LogP contribution in [0.1, 0.15) is 32.3 Å². The van der Waals surface area contributed by atoms with Crippen LogP contribution in [0.2, 0.25) is 0 Å². The molecule has 1 heterocycles. The van der Waals surface area contributed by atoms with Gasteiger partial charge in [0.05, 0.1) is 13.0 Å². The van der Waals surface area contributed by atoms with E-state index in [0.29, 0.717) is 13.1 Å². The van der Waals surface area contributed by atoms with E-state index in [1.54, 1.807) is 4.90 Å². The number of esters is 1. The average molecular weight is 384 g/mol. The zero-order chi connectivity index (χ0) is 17.2. The Morgan fingerprint density at radius 3 is 2.52 bits per heavy atom. The number of hydrogen-bond acceptors (Lipinski definition) is 4. The Morgan fingerprint density at radius 2 is 1.96 bits per heavy atom. The maximum atomic E-state index is 12.3. The van der Waals surface area contributed by atoms with Crippen LogP contribution in [0.4, 0.5) is 4.79 Å². The highest BCUT2D eigenvalue weighted by atomic mass is 79.9. The van der Waals surface area contributed by atoms with E-state index in [-0.39, 0.29) is 17.8 Å². The van der Waals surface area contributed by atoms with Gasteiger partial charge in [0.2, 0.25) is 0 Å². The topological polar surface area (TPSA) is 55.8 Å². The lowest BCUT2D eigenvalue weighted by atomic mass is 9.89. The van der Waals surface area contributed by atoms with Crippen LogP contribution in [-0.4, -0.2) is 42.8 Å². The number of carbonyl (C=O) groups excluding carboxylic acids is 2. The van der Waals surface area contributed by atoms with E-state index < -0.39 is 11.7 Å². The predicted molar refractivity (Wildman–Crippen MR) is 90.2 cm³/mol. The van der Waals surface area contributed by atoms with Gasteiger partial charge in [-0.05, 0) is 38.5 Å². The van der Waals surface area contributed by atoms with Crippen LogP contribution < -0.4 is 0 Å². The summed E-state index contributed by atoms with van der Waals surface area (Å²) >= 11 is 3.45. The van der Waals surface area contributed by atoms with Crippen molar-refractivity contribution in [3.05, 3.63) is 34.3 Å². The summed E-state index contributed by atoms with van der Waals surface area (Å²) in [6.45, 7) is 6.21. The highest BCUT2D eigenvalue weighted by Gasteiger charge is 2.42. The van der Waals surface area contributed by atoms with Crippen molar-refractivity contribution in [1.29, 1.82) is 0 Å². The van der Waals surface area contributed by atoms with E-state index in [1.165, 1.54) is 7.11 Å². The van der Waals surface area contributed by atoms with E-state index in [2.05, 4.69) is 15.9 Å². The van der Waals surface area contributed by atoms with Crippen LogP contribution in [-0.2, 0) is 14.3 Å². The molecule has 0 radical (unpaired) electrons. The van der Waals surface area contributed by atoms with Crippen LogP contribution in [0.5, 0.6) is 0 Å². The number of likely N-dealkylation sites (tertiary alicyclic amines) is 1. The monoisotopic (exact) mass is 383 g/mol. The molecule has 23 heavy (non-hydrogen) atoms. The number of hydrogen-bond donors (Lipinski definition) is 0. The van der Waals surface area contributed by atoms with Crippen molar-refractivity contribution >= 4 is 28.0 Å². The Labute approximate surface area is 145 Å². The van der Waals surface area contributed by atoms with Crippen LogP contribution >= 0.6 is 15.9 Å². The summed E-state index contributed by atoms with van der Waals surface area (Å²) in [5, 5.41) is 0. The zero-order valence-electron chi connectivity index (χ0n) is 13.8. The van der Waals surface area contributed by atoms with E-state index in [4.69, 9.17) is 9.47 Å². The normalized spacial score (nSPS) is 21.2. The van der Waals surface area contributed by atoms with Crippen molar-refractivity contribution in [2.45, 2.75) is 32.3 Å². The molecule has 1 saturated heterocycles. The molecule has 0 saturated carbocycles. The lowest BCUT2D eigenvalue weighted by Gasteiger charge is -2.24. The van der Waals surface area contributed by atoms with Gasteiger partial charge in [-0.3, -0.25) is 4.79 Å². The summed E-state index contributed by atoms with van der Waals surface area (Å²) in [5.41, 5.74) is 0.437. The van der Waals surface area contributed by atoms with Crippen molar-refractivity contribution < 1.29 is 19.1 Å². The molecule has 6 heteroatoms. The number of rotatable bonds is 2. The summed E-state index contributed by atoms with van der Waals surface area (Å²) in [7, 11) is 1.37. The van der Waals surface area contributed by atoms with Gasteiger partial charge in [-0.15, -0.1) is 0 Å². The maximum Gasteiger partial charge on any atom is 0.410 e.